The number of aryl methyl sites for hydroxylation is 2. The van der Waals surface area contributed by atoms with Crippen molar-refractivity contribution in [2.24, 2.45) is 0 Å². The summed E-state index contributed by atoms with van der Waals surface area (Å²) in [5, 5.41) is 3.45. The van der Waals surface area contributed by atoms with Gasteiger partial charge in [0.25, 0.3) is 10.0 Å². The van der Waals surface area contributed by atoms with Crippen molar-refractivity contribution in [3.8, 4) is 0 Å². The molecule has 4 rings (SSSR count). The van der Waals surface area contributed by atoms with Gasteiger partial charge >= 0.3 is 0 Å². The Balaban J connectivity index is 1.59. The third-order valence-corrected chi connectivity index (χ3v) is 8.26. The average Bonchev–Trinajstić information content (AvgIpc) is 2.86. The summed E-state index contributed by atoms with van der Waals surface area (Å²) in [5.41, 5.74) is 4.13. The molecule has 3 aromatic carbocycles. The lowest BCUT2D eigenvalue weighted by molar-refractivity contribution is -0.120. The number of nitrogens with zero attached hydrogens (tertiary/aromatic N) is 1. The molecule has 7 heteroatoms. The maximum atomic E-state index is 13.5. The molecule has 0 saturated carbocycles. The highest BCUT2D eigenvalue weighted by molar-refractivity contribution is 7.92. The smallest absolute Gasteiger partial charge is 0.264 e. The van der Waals surface area contributed by atoms with Gasteiger partial charge in [-0.3, -0.25) is 9.10 Å². The van der Waals surface area contributed by atoms with Crippen molar-refractivity contribution in [1.29, 1.82) is 0 Å². The van der Waals surface area contributed by atoms with Gasteiger partial charge in [-0.1, -0.05) is 61.0 Å². The summed E-state index contributed by atoms with van der Waals surface area (Å²) in [4.78, 5) is 13.3. The van der Waals surface area contributed by atoms with E-state index in [9.17, 15) is 13.2 Å². The Morgan fingerprint density at radius 1 is 0.971 bits per heavy atom. The van der Waals surface area contributed by atoms with Gasteiger partial charge in [0.1, 0.15) is 6.54 Å². The van der Waals surface area contributed by atoms with Gasteiger partial charge in [-0.2, -0.15) is 0 Å². The highest BCUT2D eigenvalue weighted by atomic mass is 35.5. The van der Waals surface area contributed by atoms with E-state index in [0.29, 0.717) is 17.1 Å². The standard InChI is InChI=1S/C27H29ClN2O3S/c1-2-26(22-16-15-20-9-6-7-10-21(20)17-22)29-27(31)19-30(24-12-8-11-23(28)18-24)34(32,33)25-13-4-3-5-14-25/h3-5,8,11-18,26H,2,6-7,9-10,19H2,1H3,(H,29,31)/t26-/m0/s1. The minimum atomic E-state index is -3.97. The fourth-order valence-electron chi connectivity index (χ4n) is 4.43. The van der Waals surface area contributed by atoms with E-state index in [0.717, 1.165) is 22.7 Å². The maximum absolute atomic E-state index is 13.5. The molecule has 0 radical (unpaired) electrons. The van der Waals surface area contributed by atoms with Crippen LogP contribution >= 0.6 is 11.6 Å². The molecule has 178 valence electrons. The van der Waals surface area contributed by atoms with Crippen LogP contribution in [0, 0.1) is 0 Å². The van der Waals surface area contributed by atoms with Gasteiger partial charge in [0, 0.05) is 5.02 Å². The van der Waals surface area contributed by atoms with Crippen LogP contribution in [0.5, 0.6) is 0 Å². The molecule has 5 nitrogen and oxygen atoms in total. The number of halogens is 1. The molecule has 1 atom stereocenters. The molecule has 0 saturated heterocycles. The second kappa shape index (κ2) is 10.6. The van der Waals surface area contributed by atoms with Crippen molar-refractivity contribution >= 4 is 33.2 Å². The van der Waals surface area contributed by atoms with Crippen molar-refractivity contribution < 1.29 is 13.2 Å². The largest absolute Gasteiger partial charge is 0.348 e. The number of sulfonamides is 1. The Hall–Kier alpha value is -2.83. The third kappa shape index (κ3) is 5.45. The topological polar surface area (TPSA) is 66.5 Å². The van der Waals surface area contributed by atoms with Gasteiger partial charge in [-0.25, -0.2) is 8.42 Å². The first kappa shape index (κ1) is 24.3. The Kier molecular flexibility index (Phi) is 7.59. The van der Waals surface area contributed by atoms with Gasteiger partial charge in [0.15, 0.2) is 0 Å². The number of carbonyl (C=O) groups is 1. The zero-order chi connectivity index (χ0) is 24.1. The first-order valence-corrected chi connectivity index (χ1v) is 13.4. The van der Waals surface area contributed by atoms with E-state index < -0.39 is 10.0 Å². The van der Waals surface area contributed by atoms with Gasteiger partial charge in [0.2, 0.25) is 5.91 Å². The molecule has 0 heterocycles. The number of nitrogens with one attached hydrogen (secondary N) is 1. The van der Waals surface area contributed by atoms with Crippen LogP contribution in [0.25, 0.3) is 0 Å². The van der Waals surface area contributed by atoms with E-state index in [1.54, 1.807) is 42.5 Å². The predicted octanol–water partition coefficient (Wildman–Crippen LogP) is 5.68. The summed E-state index contributed by atoms with van der Waals surface area (Å²) in [5.74, 6) is -0.371. The SMILES string of the molecule is CC[C@H](NC(=O)CN(c1cccc(Cl)c1)S(=O)(=O)c1ccccc1)c1ccc2c(c1)CCCC2. The minimum Gasteiger partial charge on any atom is -0.348 e. The van der Waals surface area contributed by atoms with E-state index >= 15 is 0 Å². The molecule has 1 amide bonds. The molecule has 0 aliphatic heterocycles. The molecule has 1 aliphatic rings. The van der Waals surface area contributed by atoms with E-state index in [2.05, 4.69) is 23.5 Å². The van der Waals surface area contributed by atoms with Crippen LogP contribution in [0.3, 0.4) is 0 Å². The second-order valence-corrected chi connectivity index (χ2v) is 10.9. The van der Waals surface area contributed by atoms with Crippen molar-refractivity contribution in [2.45, 2.75) is 50.0 Å². The summed E-state index contributed by atoms with van der Waals surface area (Å²) in [6.07, 6.45) is 5.27. The van der Waals surface area contributed by atoms with E-state index in [4.69, 9.17) is 11.6 Å². The lowest BCUT2D eigenvalue weighted by atomic mass is 9.89. The summed E-state index contributed by atoms with van der Waals surface area (Å²) >= 11 is 6.14. The summed E-state index contributed by atoms with van der Waals surface area (Å²) in [7, 11) is -3.97. The molecule has 1 N–H and O–H groups in total. The van der Waals surface area contributed by atoms with Gasteiger partial charge in [0.05, 0.1) is 16.6 Å². The Morgan fingerprint density at radius 2 is 1.71 bits per heavy atom. The van der Waals surface area contributed by atoms with Gasteiger partial charge in [-0.15, -0.1) is 0 Å². The predicted molar refractivity (Wildman–Crippen MR) is 137 cm³/mol. The number of anilines is 1. The van der Waals surface area contributed by atoms with Crippen LogP contribution in [0.2, 0.25) is 5.02 Å². The van der Waals surface area contributed by atoms with Crippen LogP contribution in [-0.4, -0.2) is 20.9 Å². The highest BCUT2D eigenvalue weighted by Crippen LogP contribution is 2.28. The number of fused-ring (bicyclic) bond motifs is 1. The fourth-order valence-corrected chi connectivity index (χ4v) is 6.05. The summed E-state index contributed by atoms with van der Waals surface area (Å²) in [6.45, 7) is 1.67. The Labute approximate surface area is 206 Å². The van der Waals surface area contributed by atoms with Crippen LogP contribution in [-0.2, 0) is 27.7 Å². The van der Waals surface area contributed by atoms with Crippen molar-refractivity contribution in [1.82, 2.24) is 5.32 Å². The van der Waals surface area contributed by atoms with E-state index in [1.165, 1.54) is 36.1 Å². The normalized spacial score (nSPS) is 14.2. The van der Waals surface area contributed by atoms with Crippen LogP contribution in [0.4, 0.5) is 5.69 Å². The molecule has 34 heavy (non-hydrogen) atoms. The van der Waals surface area contributed by atoms with Gasteiger partial charge < -0.3 is 5.32 Å². The first-order chi connectivity index (χ1) is 16.4. The maximum Gasteiger partial charge on any atom is 0.264 e. The lowest BCUT2D eigenvalue weighted by Crippen LogP contribution is -2.42. The zero-order valence-corrected chi connectivity index (χ0v) is 20.8. The first-order valence-electron chi connectivity index (χ1n) is 11.6. The molecule has 0 bridgehead atoms. The van der Waals surface area contributed by atoms with E-state index in [-0.39, 0.29) is 23.4 Å². The van der Waals surface area contributed by atoms with E-state index in [1.807, 2.05) is 6.92 Å². The van der Waals surface area contributed by atoms with Crippen LogP contribution in [0.1, 0.15) is 48.9 Å². The van der Waals surface area contributed by atoms with Crippen molar-refractivity contribution in [2.75, 3.05) is 10.8 Å². The Morgan fingerprint density at radius 3 is 2.41 bits per heavy atom. The molecule has 0 unspecified atom stereocenters. The van der Waals surface area contributed by atoms with Crippen LogP contribution < -0.4 is 9.62 Å². The zero-order valence-electron chi connectivity index (χ0n) is 19.2. The summed E-state index contributed by atoms with van der Waals surface area (Å²) < 4.78 is 28.1. The number of amides is 1. The fraction of sp³-hybridized carbons (Fsp3) is 0.296. The summed E-state index contributed by atoms with van der Waals surface area (Å²) in [6, 6.07) is 20.9. The molecule has 0 spiro atoms. The minimum absolute atomic E-state index is 0.115. The lowest BCUT2D eigenvalue weighted by Gasteiger charge is -2.26. The molecular formula is C27H29ClN2O3S. The number of hydrogen-bond donors (Lipinski definition) is 1. The molecular weight excluding hydrogens is 468 g/mol. The number of hydrogen-bond acceptors (Lipinski definition) is 3. The highest BCUT2D eigenvalue weighted by Gasteiger charge is 2.28. The Bertz CT molecular complexity index is 1260. The third-order valence-electron chi connectivity index (χ3n) is 6.23. The number of carbonyl (C=O) groups excluding carboxylic acids is 1. The van der Waals surface area contributed by atoms with Gasteiger partial charge in [-0.05, 0) is 79.1 Å². The molecule has 3 aromatic rings. The van der Waals surface area contributed by atoms with Crippen LogP contribution in [0.15, 0.2) is 77.7 Å². The monoisotopic (exact) mass is 496 g/mol. The molecule has 0 aromatic heterocycles. The molecule has 0 fully saturated rings. The van der Waals surface area contributed by atoms with Crippen molar-refractivity contribution in [3.05, 3.63) is 94.5 Å². The number of rotatable bonds is 8. The molecule has 1 aliphatic carbocycles. The quantitative estimate of drug-likeness (QED) is 0.436. The average molecular weight is 497 g/mol. The number of benzene rings is 3. The second-order valence-electron chi connectivity index (χ2n) is 8.57. The van der Waals surface area contributed by atoms with Crippen molar-refractivity contribution in [3.63, 3.8) is 0 Å².